The third kappa shape index (κ3) is 4.96. The average Bonchev–Trinajstić information content (AvgIpc) is 2.93. The summed E-state index contributed by atoms with van der Waals surface area (Å²) >= 11 is 0. The Morgan fingerprint density at radius 1 is 1.32 bits per heavy atom. The topological polar surface area (TPSA) is 71.3 Å². The second-order valence-corrected chi connectivity index (χ2v) is 5.52. The molecule has 0 fully saturated rings. The summed E-state index contributed by atoms with van der Waals surface area (Å²) in [4.78, 5) is 13.7. The molecule has 0 aliphatic carbocycles. The standard InChI is InChI=1S/C16H22N4O2/c1-12-5-4-6-13(11-12)16-19-18-15(22-16)8-7-14(21)17-9-10-20(2)3/h4-6,11H,7-10H2,1-3H3,(H,17,21). The predicted octanol–water partition coefficient (Wildman–Crippen LogP) is 1.66. The van der Waals surface area contributed by atoms with Gasteiger partial charge in [0.15, 0.2) is 0 Å². The van der Waals surface area contributed by atoms with E-state index < -0.39 is 0 Å². The fraction of sp³-hybridized carbons (Fsp3) is 0.438. The van der Waals surface area contributed by atoms with E-state index in [4.69, 9.17) is 4.42 Å². The number of hydrogen-bond donors (Lipinski definition) is 1. The van der Waals surface area contributed by atoms with Crippen LogP contribution in [0.25, 0.3) is 11.5 Å². The Bertz CT molecular complexity index is 622. The van der Waals surface area contributed by atoms with Crippen molar-refractivity contribution in [1.29, 1.82) is 0 Å². The minimum absolute atomic E-state index is 0.00263. The lowest BCUT2D eigenvalue weighted by molar-refractivity contribution is -0.121. The average molecular weight is 302 g/mol. The maximum absolute atomic E-state index is 11.7. The van der Waals surface area contributed by atoms with Crippen LogP contribution < -0.4 is 5.32 Å². The molecule has 1 N–H and O–H groups in total. The molecule has 0 saturated heterocycles. The molecule has 0 spiro atoms. The number of likely N-dealkylation sites (N-methyl/N-ethyl adjacent to an activating group) is 1. The maximum atomic E-state index is 11.7. The highest BCUT2D eigenvalue weighted by Gasteiger charge is 2.10. The minimum atomic E-state index is -0.00263. The fourth-order valence-corrected chi connectivity index (χ4v) is 1.98. The van der Waals surface area contributed by atoms with Crippen molar-refractivity contribution in [3.05, 3.63) is 35.7 Å². The zero-order valence-electron chi connectivity index (χ0n) is 13.3. The number of rotatable bonds is 7. The van der Waals surface area contributed by atoms with Gasteiger partial charge in [-0.1, -0.05) is 17.7 Å². The zero-order valence-corrected chi connectivity index (χ0v) is 13.3. The van der Waals surface area contributed by atoms with Crippen molar-refractivity contribution in [2.75, 3.05) is 27.2 Å². The van der Waals surface area contributed by atoms with Crippen molar-refractivity contribution in [2.45, 2.75) is 19.8 Å². The molecule has 0 unspecified atom stereocenters. The van der Waals surface area contributed by atoms with Crippen LogP contribution in [0.1, 0.15) is 17.9 Å². The lowest BCUT2D eigenvalue weighted by Gasteiger charge is -2.09. The summed E-state index contributed by atoms with van der Waals surface area (Å²) in [6.45, 7) is 3.48. The first kappa shape index (κ1) is 16.2. The number of nitrogens with one attached hydrogen (secondary N) is 1. The van der Waals surface area contributed by atoms with Gasteiger partial charge >= 0.3 is 0 Å². The number of aromatic nitrogens is 2. The molecule has 1 aromatic carbocycles. The number of hydrogen-bond acceptors (Lipinski definition) is 5. The number of aryl methyl sites for hydroxylation is 2. The normalized spacial score (nSPS) is 10.9. The molecule has 6 heteroatoms. The third-order valence-electron chi connectivity index (χ3n) is 3.18. The van der Waals surface area contributed by atoms with E-state index in [1.165, 1.54) is 0 Å². The highest BCUT2D eigenvalue weighted by atomic mass is 16.4. The van der Waals surface area contributed by atoms with Gasteiger partial charge in [0.25, 0.3) is 0 Å². The predicted molar refractivity (Wildman–Crippen MR) is 84.4 cm³/mol. The fourth-order valence-electron chi connectivity index (χ4n) is 1.98. The van der Waals surface area contributed by atoms with E-state index in [1.807, 2.05) is 50.2 Å². The number of amides is 1. The highest BCUT2D eigenvalue weighted by Crippen LogP contribution is 2.19. The van der Waals surface area contributed by atoms with E-state index in [0.29, 0.717) is 31.2 Å². The Balaban J connectivity index is 1.83. The first-order chi connectivity index (χ1) is 10.5. The number of carbonyl (C=O) groups is 1. The summed E-state index contributed by atoms with van der Waals surface area (Å²) in [6.07, 6.45) is 0.801. The molecule has 0 saturated carbocycles. The molecule has 1 aromatic heterocycles. The van der Waals surface area contributed by atoms with Gasteiger partial charge in [-0.05, 0) is 33.2 Å². The number of benzene rings is 1. The van der Waals surface area contributed by atoms with Crippen LogP contribution in [0.3, 0.4) is 0 Å². The molecule has 6 nitrogen and oxygen atoms in total. The lowest BCUT2D eigenvalue weighted by Crippen LogP contribution is -2.31. The second-order valence-electron chi connectivity index (χ2n) is 5.52. The quantitative estimate of drug-likeness (QED) is 0.842. The maximum Gasteiger partial charge on any atom is 0.247 e. The summed E-state index contributed by atoms with van der Waals surface area (Å²) in [7, 11) is 3.94. The van der Waals surface area contributed by atoms with Crippen LogP contribution in [-0.4, -0.2) is 48.2 Å². The monoisotopic (exact) mass is 302 g/mol. The molecule has 0 aliphatic rings. The molecule has 0 radical (unpaired) electrons. The molecular weight excluding hydrogens is 280 g/mol. The molecule has 0 bridgehead atoms. The highest BCUT2D eigenvalue weighted by molar-refractivity contribution is 5.76. The number of carbonyl (C=O) groups excluding carboxylic acids is 1. The summed E-state index contributed by atoms with van der Waals surface area (Å²) in [5, 5.41) is 10.9. The van der Waals surface area contributed by atoms with E-state index in [9.17, 15) is 4.79 Å². The van der Waals surface area contributed by atoms with E-state index in [1.54, 1.807) is 0 Å². The first-order valence-corrected chi connectivity index (χ1v) is 7.35. The van der Waals surface area contributed by atoms with Gasteiger partial charge < -0.3 is 14.6 Å². The third-order valence-corrected chi connectivity index (χ3v) is 3.18. The minimum Gasteiger partial charge on any atom is -0.421 e. The van der Waals surface area contributed by atoms with E-state index in [2.05, 4.69) is 15.5 Å². The summed E-state index contributed by atoms with van der Waals surface area (Å²) < 4.78 is 5.61. The molecule has 2 aromatic rings. The van der Waals surface area contributed by atoms with Gasteiger partial charge in [-0.25, -0.2) is 0 Å². The Morgan fingerprint density at radius 2 is 2.14 bits per heavy atom. The molecule has 1 amide bonds. The number of nitrogens with zero attached hydrogens (tertiary/aromatic N) is 3. The molecule has 2 rings (SSSR count). The van der Waals surface area contributed by atoms with Gasteiger partial charge in [0.2, 0.25) is 17.7 Å². The van der Waals surface area contributed by atoms with Crippen molar-refractivity contribution in [3.8, 4) is 11.5 Å². The summed E-state index contributed by atoms with van der Waals surface area (Å²) in [5.74, 6) is 0.975. The Labute approximate surface area is 130 Å². The van der Waals surface area contributed by atoms with Crippen LogP contribution in [-0.2, 0) is 11.2 Å². The van der Waals surface area contributed by atoms with Crippen molar-refractivity contribution >= 4 is 5.91 Å². The van der Waals surface area contributed by atoms with Gasteiger partial charge in [0.1, 0.15) is 0 Å². The summed E-state index contributed by atoms with van der Waals surface area (Å²) in [5.41, 5.74) is 2.03. The van der Waals surface area contributed by atoms with Crippen LogP contribution >= 0.6 is 0 Å². The van der Waals surface area contributed by atoms with Crippen molar-refractivity contribution in [3.63, 3.8) is 0 Å². The SMILES string of the molecule is Cc1cccc(-c2nnc(CCC(=O)NCCN(C)C)o2)c1. The lowest BCUT2D eigenvalue weighted by atomic mass is 10.1. The van der Waals surface area contributed by atoms with Crippen molar-refractivity contribution < 1.29 is 9.21 Å². The van der Waals surface area contributed by atoms with Crippen LogP contribution in [0, 0.1) is 6.92 Å². The largest absolute Gasteiger partial charge is 0.421 e. The first-order valence-electron chi connectivity index (χ1n) is 7.35. The molecule has 0 atom stereocenters. The van der Waals surface area contributed by atoms with Crippen LogP contribution in [0.5, 0.6) is 0 Å². The Morgan fingerprint density at radius 3 is 2.86 bits per heavy atom. The van der Waals surface area contributed by atoms with Gasteiger partial charge in [-0.3, -0.25) is 4.79 Å². The van der Waals surface area contributed by atoms with Crippen LogP contribution in [0.4, 0.5) is 0 Å². The Hall–Kier alpha value is -2.21. The van der Waals surface area contributed by atoms with E-state index in [0.717, 1.165) is 17.7 Å². The van der Waals surface area contributed by atoms with Gasteiger partial charge in [-0.2, -0.15) is 0 Å². The van der Waals surface area contributed by atoms with Crippen molar-refractivity contribution in [1.82, 2.24) is 20.4 Å². The van der Waals surface area contributed by atoms with Crippen LogP contribution in [0.2, 0.25) is 0 Å². The zero-order chi connectivity index (χ0) is 15.9. The molecule has 118 valence electrons. The van der Waals surface area contributed by atoms with E-state index in [-0.39, 0.29) is 5.91 Å². The van der Waals surface area contributed by atoms with Gasteiger partial charge in [-0.15, -0.1) is 10.2 Å². The molecular formula is C16H22N4O2. The van der Waals surface area contributed by atoms with Gasteiger partial charge in [0.05, 0.1) is 0 Å². The smallest absolute Gasteiger partial charge is 0.247 e. The van der Waals surface area contributed by atoms with Crippen molar-refractivity contribution in [2.24, 2.45) is 0 Å². The van der Waals surface area contributed by atoms with Crippen LogP contribution in [0.15, 0.2) is 28.7 Å². The molecule has 0 aliphatic heterocycles. The second kappa shape index (κ2) is 7.70. The Kier molecular flexibility index (Phi) is 5.66. The van der Waals surface area contributed by atoms with Gasteiger partial charge in [0, 0.05) is 31.5 Å². The summed E-state index contributed by atoms with van der Waals surface area (Å²) in [6, 6.07) is 7.88. The van der Waals surface area contributed by atoms with E-state index >= 15 is 0 Å². The molecule has 1 heterocycles. The molecule has 22 heavy (non-hydrogen) atoms.